The molecule has 0 spiro atoms. The Bertz CT molecular complexity index is 1060. The average Bonchev–Trinajstić information content (AvgIpc) is 2.73. The Morgan fingerprint density at radius 3 is 2.09 bits per heavy atom. The number of halogens is 4. The highest BCUT2D eigenvalue weighted by atomic mass is 19.3. The van der Waals surface area contributed by atoms with Gasteiger partial charge in [-0.2, -0.15) is 22.3 Å². The Morgan fingerprint density at radius 1 is 0.939 bits per heavy atom. The number of hydrogen-bond acceptors (Lipinski definition) is 5. The third kappa shape index (κ3) is 6.55. The van der Waals surface area contributed by atoms with Crippen LogP contribution in [0.3, 0.4) is 0 Å². The van der Waals surface area contributed by atoms with Gasteiger partial charge in [0.2, 0.25) is 0 Å². The molecule has 10 heteroatoms. The Kier molecular flexibility index (Phi) is 7.37. The van der Waals surface area contributed by atoms with Crippen LogP contribution in [-0.4, -0.2) is 23.3 Å². The van der Waals surface area contributed by atoms with Crippen LogP contribution in [0.2, 0.25) is 0 Å². The maximum atomic E-state index is 12.9. The van der Waals surface area contributed by atoms with E-state index in [9.17, 15) is 27.9 Å². The van der Waals surface area contributed by atoms with Gasteiger partial charge in [-0.05, 0) is 55.2 Å². The van der Waals surface area contributed by atoms with Crippen molar-refractivity contribution in [2.75, 3.05) is 0 Å². The molecule has 6 nitrogen and oxygen atoms in total. The van der Waals surface area contributed by atoms with Crippen molar-refractivity contribution in [1.82, 2.24) is 4.98 Å². The van der Waals surface area contributed by atoms with Crippen LogP contribution < -0.4 is 14.2 Å². The van der Waals surface area contributed by atoms with Crippen LogP contribution in [-0.2, 0) is 12.0 Å². The van der Waals surface area contributed by atoms with Gasteiger partial charge in [0, 0.05) is 24.2 Å². The summed E-state index contributed by atoms with van der Waals surface area (Å²) in [6, 6.07) is 10.4. The van der Waals surface area contributed by atoms with E-state index >= 15 is 0 Å². The molecule has 3 rings (SSSR count). The van der Waals surface area contributed by atoms with Crippen LogP contribution >= 0.6 is 0 Å². The highest BCUT2D eigenvalue weighted by molar-refractivity contribution is 5.46. The Balaban J connectivity index is 2.05. The molecule has 0 saturated carbocycles. The molecular formula is C23H22F4N2O4. The first-order valence-electron chi connectivity index (χ1n) is 9.93. The van der Waals surface area contributed by atoms with E-state index in [-0.39, 0.29) is 0 Å². The number of hydrogen-bond donors (Lipinski definition) is 1. The smallest absolute Gasteiger partial charge is 0.387 e. The van der Waals surface area contributed by atoms with E-state index < -0.39 is 36.2 Å². The molecule has 2 heterocycles. The SMILES string of the molecule is CC(C)(O)c1ccc(C(Cc2cc[n+]([O-])cc2)c2ccc(OC(F)F)c(OC(F)F)c2)cn1. The summed E-state index contributed by atoms with van der Waals surface area (Å²) in [5, 5.41) is 21.5. The Labute approximate surface area is 187 Å². The molecule has 2 aromatic heterocycles. The molecule has 0 aliphatic rings. The highest BCUT2D eigenvalue weighted by Crippen LogP contribution is 2.37. The third-order valence-electron chi connectivity index (χ3n) is 4.93. The van der Waals surface area contributed by atoms with Gasteiger partial charge in [-0.3, -0.25) is 4.98 Å². The number of aromatic nitrogens is 2. The van der Waals surface area contributed by atoms with Crippen LogP contribution in [0.25, 0.3) is 0 Å². The van der Waals surface area contributed by atoms with E-state index in [0.29, 0.717) is 28.0 Å². The molecule has 0 saturated heterocycles. The molecule has 0 radical (unpaired) electrons. The summed E-state index contributed by atoms with van der Waals surface area (Å²) in [6.45, 7) is -3.28. The molecule has 0 bridgehead atoms. The number of nitrogens with zero attached hydrogens (tertiary/aromatic N) is 2. The van der Waals surface area contributed by atoms with Crippen LogP contribution in [0, 0.1) is 5.21 Å². The molecule has 1 atom stereocenters. The first kappa shape index (κ1) is 24.2. The normalized spacial score (nSPS) is 12.8. The Hall–Kier alpha value is -3.40. The predicted octanol–water partition coefficient (Wildman–Crippen LogP) is 4.52. The van der Waals surface area contributed by atoms with Crippen LogP contribution in [0.5, 0.6) is 11.5 Å². The maximum Gasteiger partial charge on any atom is 0.387 e. The molecule has 3 aromatic rings. The second kappa shape index (κ2) is 10.0. The van der Waals surface area contributed by atoms with Crippen molar-refractivity contribution in [1.29, 1.82) is 0 Å². The second-order valence-electron chi connectivity index (χ2n) is 7.82. The fourth-order valence-electron chi connectivity index (χ4n) is 3.34. The zero-order valence-corrected chi connectivity index (χ0v) is 17.8. The summed E-state index contributed by atoms with van der Waals surface area (Å²) in [5.41, 5.74) is 1.18. The van der Waals surface area contributed by atoms with Gasteiger partial charge in [0.1, 0.15) is 5.60 Å². The summed E-state index contributed by atoms with van der Waals surface area (Å²) in [4.78, 5) is 4.30. The minimum atomic E-state index is -3.24. The fourth-order valence-corrected chi connectivity index (χ4v) is 3.34. The van der Waals surface area contributed by atoms with Gasteiger partial charge in [0.25, 0.3) is 0 Å². The minimum Gasteiger partial charge on any atom is -0.619 e. The molecular weight excluding hydrogens is 444 g/mol. The van der Waals surface area contributed by atoms with Gasteiger partial charge < -0.3 is 19.8 Å². The molecule has 1 N–H and O–H groups in total. The van der Waals surface area contributed by atoms with Gasteiger partial charge in [0.15, 0.2) is 23.9 Å². The maximum absolute atomic E-state index is 12.9. The number of benzene rings is 1. The molecule has 0 amide bonds. The summed E-state index contributed by atoms with van der Waals surface area (Å²) < 4.78 is 60.5. The van der Waals surface area contributed by atoms with Gasteiger partial charge in [-0.25, -0.2) is 0 Å². The topological polar surface area (TPSA) is 78.5 Å². The average molecular weight is 466 g/mol. The van der Waals surface area contributed by atoms with Crippen molar-refractivity contribution in [3.05, 3.63) is 88.6 Å². The standard InChI is InChI=1S/C23H22F4N2O4/c1-23(2,30)20-6-4-16(13-28-20)17(11-14-7-9-29(31)10-8-14)15-3-5-18(32-21(24)25)19(12-15)33-22(26)27/h3-10,12-13,17,21-22,30H,11H2,1-2H3. The van der Waals surface area contributed by atoms with Crippen LogP contribution in [0.1, 0.15) is 42.1 Å². The molecule has 0 fully saturated rings. The fraction of sp³-hybridized carbons (Fsp3) is 0.304. The van der Waals surface area contributed by atoms with Crippen molar-refractivity contribution in [2.45, 2.75) is 45.0 Å². The van der Waals surface area contributed by atoms with E-state index in [2.05, 4.69) is 14.5 Å². The second-order valence-corrected chi connectivity index (χ2v) is 7.82. The van der Waals surface area contributed by atoms with Gasteiger partial charge in [-0.1, -0.05) is 12.1 Å². The van der Waals surface area contributed by atoms with Crippen molar-refractivity contribution in [3.8, 4) is 11.5 Å². The van der Waals surface area contributed by atoms with Crippen LogP contribution in [0.4, 0.5) is 17.6 Å². The minimum absolute atomic E-state index is 0.341. The van der Waals surface area contributed by atoms with Gasteiger partial charge >= 0.3 is 13.2 Å². The van der Waals surface area contributed by atoms with Gasteiger partial charge in [-0.15, -0.1) is 0 Å². The lowest BCUT2D eigenvalue weighted by Gasteiger charge is -2.22. The summed E-state index contributed by atoms with van der Waals surface area (Å²) in [6.07, 6.45) is 4.54. The van der Waals surface area contributed by atoms with E-state index in [0.717, 1.165) is 11.6 Å². The highest BCUT2D eigenvalue weighted by Gasteiger charge is 2.23. The summed E-state index contributed by atoms with van der Waals surface area (Å²) in [7, 11) is 0. The number of alkyl halides is 4. The Morgan fingerprint density at radius 2 is 1.55 bits per heavy atom. The number of ether oxygens (including phenoxy) is 2. The molecule has 1 aromatic carbocycles. The van der Waals surface area contributed by atoms with E-state index in [1.807, 2.05) is 0 Å². The number of pyridine rings is 2. The number of rotatable bonds is 9. The summed E-state index contributed by atoms with van der Waals surface area (Å²) in [5.74, 6) is -1.51. The molecule has 1 unspecified atom stereocenters. The van der Waals surface area contributed by atoms with Gasteiger partial charge in [0.05, 0.1) is 5.69 Å². The lowest BCUT2D eigenvalue weighted by Crippen LogP contribution is -2.24. The zero-order chi connectivity index (χ0) is 24.2. The predicted molar refractivity (Wildman–Crippen MR) is 110 cm³/mol. The molecule has 0 aliphatic heterocycles. The zero-order valence-electron chi connectivity index (χ0n) is 17.8. The van der Waals surface area contributed by atoms with Crippen molar-refractivity contribution in [3.63, 3.8) is 0 Å². The third-order valence-corrected chi connectivity index (χ3v) is 4.93. The first-order chi connectivity index (χ1) is 15.5. The molecule has 33 heavy (non-hydrogen) atoms. The lowest BCUT2D eigenvalue weighted by atomic mass is 9.86. The van der Waals surface area contributed by atoms with E-state index in [1.165, 1.54) is 24.5 Å². The number of aliphatic hydroxyl groups is 1. The quantitative estimate of drug-likeness (QED) is 0.285. The van der Waals surface area contributed by atoms with Crippen LogP contribution in [0.15, 0.2) is 61.1 Å². The van der Waals surface area contributed by atoms with Crippen molar-refractivity contribution < 1.29 is 36.9 Å². The molecule has 0 aliphatic carbocycles. The molecule has 176 valence electrons. The van der Waals surface area contributed by atoms with E-state index in [4.69, 9.17) is 0 Å². The van der Waals surface area contributed by atoms with Crippen molar-refractivity contribution in [2.24, 2.45) is 0 Å². The lowest BCUT2D eigenvalue weighted by molar-refractivity contribution is -0.605. The first-order valence-corrected chi connectivity index (χ1v) is 9.93. The summed E-state index contributed by atoms with van der Waals surface area (Å²) >= 11 is 0. The monoisotopic (exact) mass is 466 g/mol. The van der Waals surface area contributed by atoms with E-state index in [1.54, 1.807) is 44.3 Å². The van der Waals surface area contributed by atoms with Crippen molar-refractivity contribution >= 4 is 0 Å². The largest absolute Gasteiger partial charge is 0.619 e.